The van der Waals surface area contributed by atoms with E-state index in [2.05, 4.69) is 0 Å². The zero-order valence-electron chi connectivity index (χ0n) is 18.5. The Morgan fingerprint density at radius 1 is 0.341 bits per heavy atom. The molecule has 0 radical (unpaired) electrons. The molecule has 0 spiro atoms. The molecule has 0 unspecified atom stereocenters. The number of rotatable bonds is 13. The van der Waals surface area contributed by atoms with Gasteiger partial charge in [0, 0.05) is 0 Å². The lowest BCUT2D eigenvalue weighted by Gasteiger charge is -2.43. The zero-order chi connectivity index (χ0) is 36.8. The lowest BCUT2D eigenvalue weighted by molar-refractivity contribution is -0.526. The van der Waals surface area contributed by atoms with Gasteiger partial charge in [0.1, 0.15) is 0 Å². The van der Waals surface area contributed by atoms with Crippen LogP contribution in [0.5, 0.6) is 0 Å². The Morgan fingerprint density at radius 3 is 0.773 bits per heavy atom. The summed E-state index contributed by atoms with van der Waals surface area (Å²) in [5.74, 6) is -94.3. The highest BCUT2D eigenvalue weighted by Gasteiger charge is 2.97. The Balaban J connectivity index is 7.13. The van der Waals surface area contributed by atoms with Crippen molar-refractivity contribution in [2.24, 2.45) is 0 Å². The third-order valence-electron chi connectivity index (χ3n) is 4.77. The van der Waals surface area contributed by atoms with E-state index in [0.29, 0.717) is 4.74 Å². The van der Waals surface area contributed by atoms with E-state index in [4.69, 9.17) is 5.11 Å². The average molecular weight is 730 g/mol. The Bertz CT molecular complexity index is 1080. The van der Waals surface area contributed by atoms with Crippen LogP contribution in [0.3, 0.4) is 0 Å². The maximum atomic E-state index is 13.5. The largest absolute Gasteiger partial charge is 0.477 e. The molecule has 264 valence electrons. The first-order valence-corrected chi connectivity index (χ1v) is 8.94. The van der Waals surface area contributed by atoms with Gasteiger partial charge in [0.15, 0.2) is 0 Å². The predicted octanol–water partition coefficient (Wildman–Crippen LogP) is 8.19. The van der Waals surface area contributed by atoms with Crippen molar-refractivity contribution in [2.75, 3.05) is 0 Å². The van der Waals surface area contributed by atoms with Gasteiger partial charge in [-0.2, -0.15) is 119 Å². The summed E-state index contributed by atoms with van der Waals surface area (Å²) in [5, 5.41) is 7.66. The van der Waals surface area contributed by atoms with Crippen LogP contribution in [-0.4, -0.2) is 88.7 Å². The monoisotopic (exact) mass is 730 g/mol. The van der Waals surface area contributed by atoms with Crippen molar-refractivity contribution >= 4 is 5.97 Å². The van der Waals surface area contributed by atoms with Crippen molar-refractivity contribution in [1.29, 1.82) is 0 Å². The minimum absolute atomic E-state index is 0.665. The fourth-order valence-electron chi connectivity index (χ4n) is 2.15. The minimum Gasteiger partial charge on any atom is -0.477 e. The average Bonchev–Trinajstić information content (AvgIpc) is 2.75. The number of halogens is 27. The highest BCUT2D eigenvalue weighted by molar-refractivity contribution is 5.77. The topological polar surface area (TPSA) is 46.5 Å². The molecule has 3 nitrogen and oxygen atoms in total. The fourth-order valence-corrected chi connectivity index (χ4v) is 2.15. The van der Waals surface area contributed by atoms with E-state index in [1.165, 1.54) is 0 Å². The molecule has 30 heteroatoms. The molecular weight excluding hydrogens is 729 g/mol. The van der Waals surface area contributed by atoms with E-state index in [1.807, 2.05) is 0 Å². The van der Waals surface area contributed by atoms with Crippen molar-refractivity contribution in [3.05, 3.63) is 0 Å². The summed E-state index contributed by atoms with van der Waals surface area (Å²) in [4.78, 5) is 9.90. The number of alkyl halides is 27. The molecule has 0 heterocycles. The number of carboxylic acids is 1. The SMILES string of the molecule is O=C(O)C(F)(F)C(F)(F)C(F)(F)C(F)(F)C(F)(F)OC(F)(F)C(F)(F)C(F)(F)C(F)(F)C(F)(F)C(F)(F)C(F)(F)C(F)(F)F. The molecule has 0 atom stereocenters. The maximum Gasteiger partial charge on any atom is 0.460 e. The summed E-state index contributed by atoms with van der Waals surface area (Å²) < 4.78 is 353. The Labute approximate surface area is 218 Å². The Hall–Kier alpha value is -2.46. The molecule has 0 aromatic rings. The molecule has 0 aliphatic carbocycles. The number of aliphatic carboxylic acids is 1. The van der Waals surface area contributed by atoms with Gasteiger partial charge in [-0.05, 0) is 0 Å². The molecule has 0 aromatic heterocycles. The van der Waals surface area contributed by atoms with Gasteiger partial charge in [-0.1, -0.05) is 0 Å². The molecular formula is C14HF27O3. The molecule has 0 aromatic carbocycles. The van der Waals surface area contributed by atoms with Gasteiger partial charge < -0.3 is 5.11 Å². The van der Waals surface area contributed by atoms with E-state index in [9.17, 15) is 123 Å². The Morgan fingerprint density at radius 2 is 0.545 bits per heavy atom. The summed E-state index contributed by atoms with van der Waals surface area (Å²) in [6, 6.07) is 0. The van der Waals surface area contributed by atoms with Crippen molar-refractivity contribution in [1.82, 2.24) is 0 Å². The summed E-state index contributed by atoms with van der Waals surface area (Å²) in [6.45, 7) is 0. The molecule has 0 fully saturated rings. The van der Waals surface area contributed by atoms with Crippen molar-refractivity contribution in [3.63, 3.8) is 0 Å². The van der Waals surface area contributed by atoms with Crippen molar-refractivity contribution < 1.29 is 133 Å². The third-order valence-corrected chi connectivity index (χ3v) is 4.77. The first-order chi connectivity index (χ1) is 18.4. The third kappa shape index (κ3) is 4.99. The second-order valence-electron chi connectivity index (χ2n) is 7.68. The molecule has 0 saturated heterocycles. The van der Waals surface area contributed by atoms with E-state index in [-0.39, 0.29) is 0 Å². The van der Waals surface area contributed by atoms with E-state index < -0.39 is 83.6 Å². The zero-order valence-corrected chi connectivity index (χ0v) is 18.5. The van der Waals surface area contributed by atoms with Crippen LogP contribution in [0.15, 0.2) is 0 Å². The number of hydrogen-bond acceptors (Lipinski definition) is 2. The molecule has 0 rings (SSSR count). The minimum atomic E-state index is -9.54. The standard InChI is InChI=1S/C14HF27O3/c15-2(16,1(42)43)3(17,18)4(19,20)10(31,32)13(38,39)44-14(40,41)11(33,34)8(27,28)6(23,24)5(21,22)7(25,26)9(29,30)12(35,36)37/h(H,42,43). The fraction of sp³-hybridized carbons (Fsp3) is 0.929. The highest BCUT2D eigenvalue weighted by Crippen LogP contribution is 2.65. The normalized spacial score (nSPS) is 16.8. The Kier molecular flexibility index (Phi) is 9.46. The van der Waals surface area contributed by atoms with Gasteiger partial charge in [0.05, 0.1) is 0 Å². The molecule has 0 saturated carbocycles. The lowest BCUT2D eigenvalue weighted by atomic mass is 9.90. The first kappa shape index (κ1) is 41.5. The number of ether oxygens (including phenoxy) is 1. The number of carbonyl (C=O) groups is 1. The quantitative estimate of drug-likeness (QED) is 0.195. The highest BCUT2D eigenvalue weighted by atomic mass is 19.4. The number of carboxylic acid groups (broad SMARTS) is 1. The summed E-state index contributed by atoms with van der Waals surface area (Å²) in [6.07, 6.45) is -26.2. The smallest absolute Gasteiger partial charge is 0.460 e. The van der Waals surface area contributed by atoms with Crippen LogP contribution in [0.2, 0.25) is 0 Å². The van der Waals surface area contributed by atoms with Gasteiger partial charge in [-0.25, -0.2) is 9.53 Å². The molecule has 1 N–H and O–H groups in total. The van der Waals surface area contributed by atoms with Crippen LogP contribution in [-0.2, 0) is 9.53 Å². The van der Waals surface area contributed by atoms with Crippen LogP contribution in [0.25, 0.3) is 0 Å². The van der Waals surface area contributed by atoms with Crippen molar-refractivity contribution in [2.45, 2.75) is 77.6 Å². The molecule has 0 amide bonds. The molecule has 44 heavy (non-hydrogen) atoms. The van der Waals surface area contributed by atoms with Crippen LogP contribution >= 0.6 is 0 Å². The van der Waals surface area contributed by atoms with Crippen LogP contribution in [0.4, 0.5) is 119 Å². The summed E-state index contributed by atoms with van der Waals surface area (Å²) >= 11 is 0. The van der Waals surface area contributed by atoms with Gasteiger partial charge in [-0.3, -0.25) is 0 Å². The first-order valence-electron chi connectivity index (χ1n) is 8.94. The second kappa shape index (κ2) is 10.0. The predicted molar refractivity (Wildman–Crippen MR) is 74.1 cm³/mol. The van der Waals surface area contributed by atoms with Crippen LogP contribution in [0.1, 0.15) is 0 Å². The summed E-state index contributed by atoms with van der Waals surface area (Å²) in [7, 11) is 0. The van der Waals surface area contributed by atoms with E-state index >= 15 is 0 Å². The van der Waals surface area contributed by atoms with Crippen molar-refractivity contribution in [3.8, 4) is 0 Å². The second-order valence-corrected chi connectivity index (χ2v) is 7.68. The molecule has 0 bridgehead atoms. The molecule has 0 aliphatic heterocycles. The van der Waals surface area contributed by atoms with Gasteiger partial charge in [0.2, 0.25) is 0 Å². The molecule has 0 aliphatic rings. The van der Waals surface area contributed by atoms with Gasteiger partial charge >= 0.3 is 83.6 Å². The van der Waals surface area contributed by atoms with E-state index in [0.717, 1.165) is 0 Å². The van der Waals surface area contributed by atoms with Gasteiger partial charge in [0.25, 0.3) is 0 Å². The van der Waals surface area contributed by atoms with Gasteiger partial charge in [-0.15, -0.1) is 0 Å². The summed E-state index contributed by atoms with van der Waals surface area (Å²) in [5.41, 5.74) is 0. The number of hydrogen-bond donors (Lipinski definition) is 1. The van der Waals surface area contributed by atoms with Crippen LogP contribution < -0.4 is 0 Å². The maximum absolute atomic E-state index is 13.5. The lowest BCUT2D eigenvalue weighted by Crippen LogP contribution is -2.75. The van der Waals surface area contributed by atoms with Crippen LogP contribution in [0, 0.1) is 0 Å². The van der Waals surface area contributed by atoms with E-state index in [1.54, 1.807) is 0 Å².